The third-order valence-electron chi connectivity index (χ3n) is 2.86. The number of rotatable bonds is 2. The van der Waals surface area contributed by atoms with Crippen LogP contribution < -0.4 is 5.73 Å². The predicted octanol–water partition coefficient (Wildman–Crippen LogP) is 1.75. The molecule has 1 saturated carbocycles. The average molecular weight is 201 g/mol. The Morgan fingerprint density at radius 2 is 2.15 bits per heavy atom. The molecule has 0 atom stereocenters. The van der Waals surface area contributed by atoms with Crippen molar-refractivity contribution in [3.63, 3.8) is 0 Å². The number of quaternary nitrogens is 1. The molecule has 0 spiro atoms. The van der Waals surface area contributed by atoms with E-state index in [1.165, 1.54) is 0 Å². The molecule has 0 saturated heterocycles. The lowest BCUT2D eigenvalue weighted by molar-refractivity contribution is -0.375. The van der Waals surface area contributed by atoms with Gasteiger partial charge in [0.05, 0.1) is 11.6 Å². The van der Waals surface area contributed by atoms with Crippen LogP contribution in [0.4, 0.5) is 4.39 Å². The second kappa shape index (κ2) is 2.96. The van der Waals surface area contributed by atoms with Gasteiger partial charge in [-0.05, 0) is 30.5 Å². The third-order valence-corrected chi connectivity index (χ3v) is 3.17. The van der Waals surface area contributed by atoms with Gasteiger partial charge in [0, 0.05) is 5.41 Å². The molecule has 3 heteroatoms. The fourth-order valence-corrected chi connectivity index (χ4v) is 1.78. The summed E-state index contributed by atoms with van der Waals surface area (Å²) in [7, 11) is 0. The topological polar surface area (TPSA) is 27.6 Å². The van der Waals surface area contributed by atoms with Crippen molar-refractivity contribution in [2.24, 2.45) is 0 Å². The highest BCUT2D eigenvalue weighted by atomic mass is 35.5. The van der Waals surface area contributed by atoms with Gasteiger partial charge in [-0.3, -0.25) is 0 Å². The Balaban J connectivity index is 2.37. The molecule has 1 aliphatic rings. The molecule has 1 nitrogen and oxygen atoms in total. The van der Waals surface area contributed by atoms with Gasteiger partial charge in [0.25, 0.3) is 0 Å². The Morgan fingerprint density at radius 1 is 1.46 bits per heavy atom. The Bertz CT molecular complexity index is 334. The summed E-state index contributed by atoms with van der Waals surface area (Å²) >= 11 is 5.60. The van der Waals surface area contributed by atoms with Crippen LogP contribution in [0, 0.1) is 5.82 Å². The molecule has 0 unspecified atom stereocenters. The molecule has 1 aromatic carbocycles. The zero-order chi connectivity index (χ0) is 9.47. The molecule has 1 fully saturated rings. The summed E-state index contributed by atoms with van der Waals surface area (Å²) < 4.78 is 13.1. The van der Waals surface area contributed by atoms with Crippen molar-refractivity contribution in [3.05, 3.63) is 34.6 Å². The summed E-state index contributed by atoms with van der Waals surface area (Å²) in [6.45, 7) is 0.841. The first-order valence-electron chi connectivity index (χ1n) is 4.43. The van der Waals surface area contributed by atoms with Gasteiger partial charge < -0.3 is 5.73 Å². The molecule has 2 rings (SSSR count). The van der Waals surface area contributed by atoms with Gasteiger partial charge in [0.1, 0.15) is 5.82 Å². The van der Waals surface area contributed by atoms with E-state index in [-0.39, 0.29) is 16.3 Å². The van der Waals surface area contributed by atoms with Gasteiger partial charge in [0.15, 0.2) is 0 Å². The van der Waals surface area contributed by atoms with Crippen LogP contribution in [0.15, 0.2) is 18.2 Å². The summed E-state index contributed by atoms with van der Waals surface area (Å²) in [5.74, 6) is -0.320. The van der Waals surface area contributed by atoms with Crippen LogP contribution >= 0.6 is 11.6 Å². The molecule has 3 N–H and O–H groups in total. The number of hydrogen-bond acceptors (Lipinski definition) is 0. The van der Waals surface area contributed by atoms with Gasteiger partial charge in [-0.25, -0.2) is 4.39 Å². The monoisotopic (exact) mass is 200 g/mol. The third kappa shape index (κ3) is 1.45. The van der Waals surface area contributed by atoms with E-state index >= 15 is 0 Å². The normalized spacial score (nSPS) is 18.7. The highest BCUT2D eigenvalue weighted by Crippen LogP contribution is 2.47. The van der Waals surface area contributed by atoms with Crippen LogP contribution in [0.2, 0.25) is 5.02 Å². The quantitative estimate of drug-likeness (QED) is 0.754. The van der Waals surface area contributed by atoms with E-state index in [0.29, 0.717) is 0 Å². The first-order valence-corrected chi connectivity index (χ1v) is 4.80. The molecule has 0 aliphatic heterocycles. The van der Waals surface area contributed by atoms with E-state index in [4.69, 9.17) is 11.6 Å². The fraction of sp³-hybridized carbons (Fsp3) is 0.400. The van der Waals surface area contributed by atoms with Crippen molar-refractivity contribution in [1.29, 1.82) is 0 Å². The molecule has 0 radical (unpaired) electrons. The Morgan fingerprint density at radius 3 is 2.62 bits per heavy atom. The van der Waals surface area contributed by atoms with E-state index in [1.54, 1.807) is 12.1 Å². The first-order chi connectivity index (χ1) is 6.18. The van der Waals surface area contributed by atoms with Crippen molar-refractivity contribution in [3.8, 4) is 0 Å². The summed E-state index contributed by atoms with van der Waals surface area (Å²) in [6.07, 6.45) is 2.25. The van der Waals surface area contributed by atoms with Crippen molar-refractivity contribution >= 4 is 11.6 Å². The molecular weight excluding hydrogens is 189 g/mol. The standard InChI is InChI=1S/C10H11ClFN/c11-8-2-1-7(5-9(8)12)10(6-13)3-4-10/h1-2,5H,3-4,6,13H2/p+1. The Hall–Kier alpha value is -0.600. The van der Waals surface area contributed by atoms with Crippen molar-refractivity contribution in [2.45, 2.75) is 18.3 Å². The molecule has 0 heterocycles. The van der Waals surface area contributed by atoms with Crippen molar-refractivity contribution in [1.82, 2.24) is 0 Å². The van der Waals surface area contributed by atoms with Gasteiger partial charge >= 0.3 is 0 Å². The van der Waals surface area contributed by atoms with Gasteiger partial charge in [0.2, 0.25) is 0 Å². The van der Waals surface area contributed by atoms with E-state index in [2.05, 4.69) is 5.73 Å². The molecule has 0 aromatic heterocycles. The van der Waals surface area contributed by atoms with Gasteiger partial charge in [-0.2, -0.15) is 0 Å². The minimum absolute atomic E-state index is 0.158. The zero-order valence-electron chi connectivity index (χ0n) is 7.32. The SMILES string of the molecule is [NH3+]CC1(c2ccc(Cl)c(F)c2)CC1. The fourth-order valence-electron chi connectivity index (χ4n) is 1.66. The van der Waals surface area contributed by atoms with Crippen LogP contribution in [0.25, 0.3) is 0 Å². The summed E-state index contributed by atoms with van der Waals surface area (Å²) in [5.41, 5.74) is 5.10. The maximum absolute atomic E-state index is 13.1. The molecule has 1 aromatic rings. The highest BCUT2D eigenvalue weighted by molar-refractivity contribution is 6.30. The first kappa shape index (κ1) is 8.97. The number of halogens is 2. The van der Waals surface area contributed by atoms with Crippen molar-refractivity contribution < 1.29 is 10.1 Å². The van der Waals surface area contributed by atoms with E-state index in [1.807, 2.05) is 6.07 Å². The Kier molecular flexibility index (Phi) is 2.05. The highest BCUT2D eigenvalue weighted by Gasteiger charge is 2.45. The summed E-state index contributed by atoms with van der Waals surface area (Å²) in [4.78, 5) is 0. The molecular formula is C10H12ClFN+. The van der Waals surface area contributed by atoms with Crippen LogP contribution in [-0.2, 0) is 5.41 Å². The average Bonchev–Trinajstić information content (AvgIpc) is 2.90. The van der Waals surface area contributed by atoms with E-state index in [0.717, 1.165) is 24.9 Å². The molecule has 0 bridgehead atoms. The summed E-state index contributed by atoms with van der Waals surface area (Å²) in [6, 6.07) is 5.08. The summed E-state index contributed by atoms with van der Waals surface area (Å²) in [5, 5.41) is 0.198. The van der Waals surface area contributed by atoms with Crippen molar-refractivity contribution in [2.75, 3.05) is 6.54 Å². The largest absolute Gasteiger partial charge is 0.357 e. The van der Waals surface area contributed by atoms with Crippen LogP contribution in [0.1, 0.15) is 18.4 Å². The van der Waals surface area contributed by atoms with Crippen LogP contribution in [0.5, 0.6) is 0 Å². The van der Waals surface area contributed by atoms with Gasteiger partial charge in [-0.15, -0.1) is 0 Å². The molecule has 0 amide bonds. The van der Waals surface area contributed by atoms with E-state index < -0.39 is 0 Å². The van der Waals surface area contributed by atoms with Crippen LogP contribution in [-0.4, -0.2) is 6.54 Å². The lowest BCUT2D eigenvalue weighted by atomic mass is 9.96. The minimum Gasteiger partial charge on any atom is -0.357 e. The lowest BCUT2D eigenvalue weighted by Gasteiger charge is -2.10. The predicted molar refractivity (Wildman–Crippen MR) is 50.1 cm³/mol. The maximum Gasteiger partial charge on any atom is 0.142 e. The Labute approximate surface area is 81.7 Å². The van der Waals surface area contributed by atoms with E-state index in [9.17, 15) is 4.39 Å². The second-order valence-corrected chi connectivity index (χ2v) is 4.07. The second-order valence-electron chi connectivity index (χ2n) is 3.66. The number of benzene rings is 1. The molecule has 1 aliphatic carbocycles. The molecule has 70 valence electrons. The van der Waals surface area contributed by atoms with Crippen LogP contribution in [0.3, 0.4) is 0 Å². The number of hydrogen-bond donors (Lipinski definition) is 1. The molecule has 13 heavy (non-hydrogen) atoms. The lowest BCUT2D eigenvalue weighted by Crippen LogP contribution is -2.55. The maximum atomic E-state index is 13.1. The zero-order valence-corrected chi connectivity index (χ0v) is 8.07. The van der Waals surface area contributed by atoms with Gasteiger partial charge in [-0.1, -0.05) is 17.7 Å². The minimum atomic E-state index is -0.320. The smallest absolute Gasteiger partial charge is 0.142 e.